The molecule has 0 spiro atoms. The Hall–Kier alpha value is -1.01. The molecule has 0 saturated carbocycles. The Labute approximate surface area is 133 Å². The van der Waals surface area contributed by atoms with Crippen LogP contribution in [0.3, 0.4) is 0 Å². The molecule has 0 aliphatic rings. The van der Waals surface area contributed by atoms with Gasteiger partial charge in [0, 0.05) is 15.9 Å². The van der Waals surface area contributed by atoms with E-state index in [9.17, 15) is 9.59 Å². The number of thiol groups is 1. The highest BCUT2D eigenvalue weighted by Crippen LogP contribution is 2.20. The first kappa shape index (κ1) is 17.0. The fraction of sp³-hybridized carbons (Fsp3) is 0.429. The van der Waals surface area contributed by atoms with Crippen molar-refractivity contribution in [3.63, 3.8) is 0 Å². The zero-order chi connectivity index (χ0) is 15.3. The van der Waals surface area contributed by atoms with E-state index in [2.05, 4.69) is 39.2 Å². The fourth-order valence-corrected chi connectivity index (χ4v) is 2.12. The molecule has 1 rings (SSSR count). The van der Waals surface area contributed by atoms with E-state index in [1.54, 1.807) is 25.1 Å². The van der Waals surface area contributed by atoms with Gasteiger partial charge in [-0.15, -0.1) is 12.6 Å². The molecular weight excluding hydrogens is 340 g/mol. The number of rotatable bonds is 5. The molecule has 0 fully saturated rings. The minimum atomic E-state index is -0.586. The van der Waals surface area contributed by atoms with Crippen LogP contribution in [0.15, 0.2) is 27.6 Å². The van der Waals surface area contributed by atoms with E-state index in [0.29, 0.717) is 27.4 Å². The average Bonchev–Trinajstić information content (AvgIpc) is 2.38. The Bertz CT molecular complexity index is 506. The van der Waals surface area contributed by atoms with Gasteiger partial charge in [0.15, 0.2) is 0 Å². The number of carbonyl (C=O) groups is 2. The zero-order valence-corrected chi connectivity index (χ0v) is 14.2. The van der Waals surface area contributed by atoms with Crippen LogP contribution in [0.25, 0.3) is 0 Å². The van der Waals surface area contributed by atoms with Gasteiger partial charge in [-0.2, -0.15) is 0 Å². The van der Waals surface area contributed by atoms with Crippen LogP contribution in [-0.2, 0) is 4.79 Å². The molecule has 0 bridgehead atoms. The van der Waals surface area contributed by atoms with Gasteiger partial charge in [0.2, 0.25) is 5.91 Å². The van der Waals surface area contributed by atoms with Crippen molar-refractivity contribution < 1.29 is 9.59 Å². The highest BCUT2D eigenvalue weighted by atomic mass is 79.9. The first-order valence-electron chi connectivity index (χ1n) is 6.38. The number of amides is 2. The third-order valence-corrected chi connectivity index (χ3v) is 3.59. The van der Waals surface area contributed by atoms with Crippen LogP contribution >= 0.6 is 28.6 Å². The van der Waals surface area contributed by atoms with Crippen molar-refractivity contribution in [3.8, 4) is 0 Å². The predicted octanol–water partition coefficient (Wildman–Crippen LogP) is 2.63. The van der Waals surface area contributed by atoms with Crippen LogP contribution in [0, 0.1) is 5.92 Å². The van der Waals surface area contributed by atoms with Crippen molar-refractivity contribution >= 4 is 40.4 Å². The van der Waals surface area contributed by atoms with E-state index >= 15 is 0 Å². The van der Waals surface area contributed by atoms with Gasteiger partial charge in [-0.05, 0) is 47.0 Å². The maximum atomic E-state index is 12.1. The summed E-state index contributed by atoms with van der Waals surface area (Å²) in [6.45, 7) is 6.28. The molecule has 6 heteroatoms. The summed E-state index contributed by atoms with van der Waals surface area (Å²) in [7, 11) is 0. The summed E-state index contributed by atoms with van der Waals surface area (Å²) in [5.74, 6) is -0.123. The molecule has 0 radical (unpaired) electrons. The van der Waals surface area contributed by atoms with Gasteiger partial charge in [0.25, 0.3) is 5.91 Å². The minimum Gasteiger partial charge on any atom is -0.354 e. The zero-order valence-electron chi connectivity index (χ0n) is 11.7. The highest BCUT2D eigenvalue weighted by Gasteiger charge is 2.18. The van der Waals surface area contributed by atoms with Crippen molar-refractivity contribution in [1.29, 1.82) is 0 Å². The van der Waals surface area contributed by atoms with Crippen LogP contribution in [0.4, 0.5) is 0 Å². The third-order valence-electron chi connectivity index (χ3n) is 2.62. The first-order chi connectivity index (χ1) is 9.31. The Morgan fingerprint density at radius 1 is 1.30 bits per heavy atom. The lowest BCUT2D eigenvalue weighted by atomic mass is 10.2. The fourth-order valence-electron chi connectivity index (χ4n) is 1.49. The van der Waals surface area contributed by atoms with Crippen molar-refractivity contribution in [1.82, 2.24) is 10.6 Å². The van der Waals surface area contributed by atoms with Gasteiger partial charge in [-0.3, -0.25) is 9.59 Å². The Morgan fingerprint density at radius 3 is 2.55 bits per heavy atom. The molecule has 4 nitrogen and oxygen atoms in total. The topological polar surface area (TPSA) is 58.2 Å². The molecule has 0 heterocycles. The lowest BCUT2D eigenvalue weighted by Gasteiger charge is -2.15. The SMILES string of the molecule is CC(C)CNC(=O)C(C)NC(=O)c1cc(S)ccc1Br. The Morgan fingerprint density at radius 2 is 1.95 bits per heavy atom. The van der Waals surface area contributed by atoms with Gasteiger partial charge in [0.1, 0.15) is 6.04 Å². The van der Waals surface area contributed by atoms with Gasteiger partial charge in [0.05, 0.1) is 5.56 Å². The monoisotopic (exact) mass is 358 g/mol. The average molecular weight is 359 g/mol. The summed E-state index contributed by atoms with van der Waals surface area (Å²) in [6, 6.07) is 4.60. The van der Waals surface area contributed by atoms with Crippen molar-refractivity contribution in [3.05, 3.63) is 28.2 Å². The van der Waals surface area contributed by atoms with E-state index in [4.69, 9.17) is 0 Å². The number of halogens is 1. The second kappa shape index (κ2) is 7.69. The Kier molecular flexibility index (Phi) is 6.55. The number of carbonyl (C=O) groups excluding carboxylic acids is 2. The van der Waals surface area contributed by atoms with E-state index in [-0.39, 0.29) is 11.8 Å². The second-order valence-corrected chi connectivity index (χ2v) is 6.37. The molecule has 2 amide bonds. The number of nitrogens with one attached hydrogen (secondary N) is 2. The largest absolute Gasteiger partial charge is 0.354 e. The van der Waals surface area contributed by atoms with Gasteiger partial charge in [-0.25, -0.2) is 0 Å². The number of hydrogen-bond acceptors (Lipinski definition) is 3. The maximum Gasteiger partial charge on any atom is 0.253 e. The quantitative estimate of drug-likeness (QED) is 0.708. The predicted molar refractivity (Wildman–Crippen MR) is 86.2 cm³/mol. The molecule has 110 valence electrons. The molecule has 0 aromatic heterocycles. The third kappa shape index (κ3) is 5.17. The lowest BCUT2D eigenvalue weighted by Crippen LogP contribution is -2.45. The number of hydrogen-bond donors (Lipinski definition) is 3. The molecule has 0 aliphatic heterocycles. The van der Waals surface area contributed by atoms with Crippen molar-refractivity contribution in [2.24, 2.45) is 5.92 Å². The first-order valence-corrected chi connectivity index (χ1v) is 7.62. The molecule has 0 saturated heterocycles. The normalized spacial score (nSPS) is 12.1. The van der Waals surface area contributed by atoms with Gasteiger partial charge < -0.3 is 10.6 Å². The summed E-state index contributed by atoms with van der Waals surface area (Å²) in [5, 5.41) is 5.46. The van der Waals surface area contributed by atoms with Crippen LogP contribution in [-0.4, -0.2) is 24.4 Å². The van der Waals surface area contributed by atoms with Crippen molar-refractivity contribution in [2.45, 2.75) is 31.7 Å². The number of benzene rings is 1. The molecule has 0 aliphatic carbocycles. The maximum absolute atomic E-state index is 12.1. The molecule has 1 atom stereocenters. The standard InChI is InChI=1S/C14H19BrN2O2S/c1-8(2)7-16-13(18)9(3)17-14(19)11-6-10(20)4-5-12(11)15/h4-6,8-9,20H,7H2,1-3H3,(H,16,18)(H,17,19). The van der Waals surface area contributed by atoms with E-state index in [0.717, 1.165) is 0 Å². The van der Waals surface area contributed by atoms with E-state index < -0.39 is 6.04 Å². The molecule has 2 N–H and O–H groups in total. The van der Waals surface area contributed by atoms with Crippen LogP contribution in [0.2, 0.25) is 0 Å². The molecule has 1 unspecified atom stereocenters. The Balaban J connectivity index is 2.65. The van der Waals surface area contributed by atoms with E-state index in [1.165, 1.54) is 0 Å². The van der Waals surface area contributed by atoms with Crippen LogP contribution < -0.4 is 10.6 Å². The van der Waals surface area contributed by atoms with E-state index in [1.807, 2.05) is 13.8 Å². The van der Waals surface area contributed by atoms with Crippen LogP contribution in [0.5, 0.6) is 0 Å². The summed E-state index contributed by atoms with van der Waals surface area (Å²) >= 11 is 7.52. The lowest BCUT2D eigenvalue weighted by molar-refractivity contribution is -0.122. The summed E-state index contributed by atoms with van der Waals surface area (Å²) in [5.41, 5.74) is 0.459. The summed E-state index contributed by atoms with van der Waals surface area (Å²) in [6.07, 6.45) is 0. The molecular formula is C14H19BrN2O2S. The molecule has 1 aromatic rings. The van der Waals surface area contributed by atoms with Crippen LogP contribution in [0.1, 0.15) is 31.1 Å². The minimum absolute atomic E-state index is 0.190. The van der Waals surface area contributed by atoms with Crippen molar-refractivity contribution in [2.75, 3.05) is 6.54 Å². The van der Waals surface area contributed by atoms with Gasteiger partial charge in [-0.1, -0.05) is 13.8 Å². The highest BCUT2D eigenvalue weighted by molar-refractivity contribution is 9.10. The molecule has 1 aromatic carbocycles. The summed E-state index contributed by atoms with van der Waals surface area (Å²) in [4.78, 5) is 24.6. The summed E-state index contributed by atoms with van der Waals surface area (Å²) < 4.78 is 0.669. The second-order valence-electron chi connectivity index (χ2n) is 5.00. The molecule has 20 heavy (non-hydrogen) atoms. The smallest absolute Gasteiger partial charge is 0.253 e. The van der Waals surface area contributed by atoms with Gasteiger partial charge >= 0.3 is 0 Å².